The van der Waals surface area contributed by atoms with Crippen LogP contribution < -0.4 is 0 Å². The second kappa shape index (κ2) is 4.22. The molecule has 1 saturated heterocycles. The van der Waals surface area contributed by atoms with Gasteiger partial charge in [0.15, 0.2) is 0 Å². The van der Waals surface area contributed by atoms with Crippen LogP contribution in [0.4, 0.5) is 0 Å². The summed E-state index contributed by atoms with van der Waals surface area (Å²) in [6, 6.07) is 0. The minimum absolute atomic E-state index is 0.219. The van der Waals surface area contributed by atoms with E-state index in [9.17, 15) is 4.21 Å². The molecule has 0 aromatic heterocycles. The van der Waals surface area contributed by atoms with Crippen LogP contribution in [0.1, 0.15) is 33.6 Å². The molecule has 0 unspecified atom stereocenters. The Hall–Kier alpha value is -0.380. The second-order valence-corrected chi connectivity index (χ2v) is 5.91. The number of hydrogen-bond donors (Lipinski definition) is 0. The van der Waals surface area contributed by atoms with Gasteiger partial charge in [-0.1, -0.05) is 5.16 Å². The molecule has 1 heterocycles. The zero-order valence-corrected chi connectivity index (χ0v) is 9.32. The van der Waals surface area contributed by atoms with E-state index in [-0.39, 0.29) is 5.60 Å². The second-order valence-electron chi connectivity index (χ2n) is 4.21. The van der Waals surface area contributed by atoms with Crippen LogP contribution in [0.25, 0.3) is 0 Å². The largest absolute Gasteiger partial charge is 0.390 e. The third-order valence-electron chi connectivity index (χ3n) is 1.69. The van der Waals surface area contributed by atoms with Crippen molar-refractivity contribution in [3.8, 4) is 0 Å². The first-order chi connectivity index (χ1) is 5.97. The first kappa shape index (κ1) is 10.7. The van der Waals surface area contributed by atoms with E-state index in [2.05, 4.69) is 5.16 Å². The van der Waals surface area contributed by atoms with Crippen LogP contribution in [0.15, 0.2) is 5.16 Å². The predicted octanol–water partition coefficient (Wildman–Crippen LogP) is 1.70. The van der Waals surface area contributed by atoms with E-state index in [1.165, 1.54) is 0 Å². The molecule has 0 radical (unpaired) electrons. The Balaban J connectivity index is 2.40. The van der Waals surface area contributed by atoms with Crippen LogP contribution in [-0.4, -0.2) is 27.0 Å². The van der Waals surface area contributed by atoms with Crippen molar-refractivity contribution in [2.24, 2.45) is 5.16 Å². The van der Waals surface area contributed by atoms with Gasteiger partial charge in [0.05, 0.1) is 5.71 Å². The maximum Gasteiger partial charge on any atom is 0.129 e. The predicted molar refractivity (Wildman–Crippen MR) is 55.4 cm³/mol. The van der Waals surface area contributed by atoms with Gasteiger partial charge in [0.1, 0.15) is 5.60 Å². The molecule has 0 aromatic carbocycles. The summed E-state index contributed by atoms with van der Waals surface area (Å²) in [7, 11) is -0.622. The van der Waals surface area contributed by atoms with Gasteiger partial charge in [-0.15, -0.1) is 0 Å². The molecule has 1 rings (SSSR count). The number of nitrogens with zero attached hydrogens (tertiary/aromatic N) is 1. The van der Waals surface area contributed by atoms with E-state index in [1.807, 2.05) is 20.8 Å². The Bertz CT molecular complexity index is 218. The Morgan fingerprint density at radius 1 is 1.31 bits per heavy atom. The molecule has 0 aromatic rings. The van der Waals surface area contributed by atoms with Gasteiger partial charge in [-0.25, -0.2) is 0 Å². The van der Waals surface area contributed by atoms with Crippen LogP contribution in [0.5, 0.6) is 0 Å². The van der Waals surface area contributed by atoms with Crippen molar-refractivity contribution in [2.75, 3.05) is 11.5 Å². The fourth-order valence-electron chi connectivity index (χ4n) is 0.983. The average molecular weight is 203 g/mol. The number of oxime groups is 1. The summed E-state index contributed by atoms with van der Waals surface area (Å²) in [6.07, 6.45) is 1.64. The molecule has 1 aliphatic rings. The monoisotopic (exact) mass is 203 g/mol. The zero-order chi connectivity index (χ0) is 9.90. The van der Waals surface area contributed by atoms with Crippen molar-refractivity contribution < 1.29 is 9.05 Å². The van der Waals surface area contributed by atoms with Crippen LogP contribution in [0.3, 0.4) is 0 Å². The van der Waals surface area contributed by atoms with E-state index in [0.717, 1.165) is 30.1 Å². The molecule has 0 N–H and O–H groups in total. The van der Waals surface area contributed by atoms with E-state index >= 15 is 0 Å². The third kappa shape index (κ3) is 4.41. The number of rotatable bonds is 1. The SMILES string of the molecule is CC(C)(C)ON=C1CCS(=O)CC1. The Morgan fingerprint density at radius 2 is 1.85 bits per heavy atom. The highest BCUT2D eigenvalue weighted by molar-refractivity contribution is 7.85. The van der Waals surface area contributed by atoms with E-state index in [4.69, 9.17) is 4.84 Å². The lowest BCUT2D eigenvalue weighted by molar-refractivity contribution is 0.000278. The average Bonchev–Trinajstić information content (AvgIpc) is 2.02. The standard InChI is InChI=1S/C9H17NO2S/c1-9(2,3)12-10-8-4-6-13(11)7-5-8/h4-7H2,1-3H3. The van der Waals surface area contributed by atoms with Crippen LogP contribution in [0, 0.1) is 0 Å². The quantitative estimate of drug-likeness (QED) is 0.608. The first-order valence-corrected chi connectivity index (χ1v) is 6.05. The molecule has 0 amide bonds. The molecule has 0 aliphatic carbocycles. The highest BCUT2D eigenvalue weighted by Crippen LogP contribution is 2.11. The molecule has 0 spiro atoms. The topological polar surface area (TPSA) is 38.7 Å². The molecule has 13 heavy (non-hydrogen) atoms. The van der Waals surface area contributed by atoms with Gasteiger partial charge >= 0.3 is 0 Å². The van der Waals surface area contributed by atoms with Gasteiger partial charge in [0.2, 0.25) is 0 Å². The van der Waals surface area contributed by atoms with Gasteiger partial charge in [-0.05, 0) is 20.8 Å². The van der Waals surface area contributed by atoms with Crippen molar-refractivity contribution in [3.63, 3.8) is 0 Å². The molecular formula is C9H17NO2S. The van der Waals surface area contributed by atoms with Crippen molar-refractivity contribution in [1.82, 2.24) is 0 Å². The Kier molecular flexibility index (Phi) is 3.47. The maximum absolute atomic E-state index is 11.0. The fourth-order valence-corrected chi connectivity index (χ4v) is 2.11. The normalized spacial score (nSPS) is 24.2. The summed E-state index contributed by atoms with van der Waals surface area (Å²) in [4.78, 5) is 5.29. The fraction of sp³-hybridized carbons (Fsp3) is 0.889. The molecule has 3 nitrogen and oxygen atoms in total. The van der Waals surface area contributed by atoms with Crippen LogP contribution in [-0.2, 0) is 15.6 Å². The molecule has 1 aliphatic heterocycles. The van der Waals surface area contributed by atoms with Gasteiger partial charge in [-0.2, -0.15) is 0 Å². The smallest absolute Gasteiger partial charge is 0.129 e. The third-order valence-corrected chi connectivity index (χ3v) is 3.00. The van der Waals surface area contributed by atoms with E-state index in [0.29, 0.717) is 0 Å². The Morgan fingerprint density at radius 3 is 2.31 bits per heavy atom. The first-order valence-electron chi connectivity index (χ1n) is 4.56. The van der Waals surface area contributed by atoms with Gasteiger partial charge in [0.25, 0.3) is 0 Å². The van der Waals surface area contributed by atoms with Gasteiger partial charge in [0, 0.05) is 35.1 Å². The maximum atomic E-state index is 11.0. The van der Waals surface area contributed by atoms with Gasteiger partial charge in [-0.3, -0.25) is 4.21 Å². The van der Waals surface area contributed by atoms with Crippen molar-refractivity contribution in [2.45, 2.75) is 39.2 Å². The van der Waals surface area contributed by atoms with E-state index in [1.54, 1.807) is 0 Å². The molecule has 0 bridgehead atoms. The van der Waals surface area contributed by atoms with E-state index < -0.39 is 10.8 Å². The minimum atomic E-state index is -0.622. The zero-order valence-electron chi connectivity index (χ0n) is 8.50. The van der Waals surface area contributed by atoms with Crippen LogP contribution in [0.2, 0.25) is 0 Å². The molecule has 4 heteroatoms. The molecular weight excluding hydrogens is 186 g/mol. The summed E-state index contributed by atoms with van der Waals surface area (Å²) in [6.45, 7) is 5.91. The van der Waals surface area contributed by atoms with Crippen LogP contribution >= 0.6 is 0 Å². The lowest BCUT2D eigenvalue weighted by atomic mass is 10.2. The summed E-state index contributed by atoms with van der Waals surface area (Å²) in [5.41, 5.74) is 0.832. The molecule has 76 valence electrons. The lowest BCUT2D eigenvalue weighted by Gasteiger charge is -2.18. The van der Waals surface area contributed by atoms with Gasteiger partial charge < -0.3 is 4.84 Å². The van der Waals surface area contributed by atoms with Crippen molar-refractivity contribution >= 4 is 16.5 Å². The lowest BCUT2D eigenvalue weighted by Crippen LogP contribution is -2.21. The minimum Gasteiger partial charge on any atom is -0.390 e. The highest BCUT2D eigenvalue weighted by atomic mass is 32.2. The molecule has 1 fully saturated rings. The summed E-state index contributed by atoms with van der Waals surface area (Å²) in [5.74, 6) is 1.48. The molecule has 0 atom stereocenters. The summed E-state index contributed by atoms with van der Waals surface area (Å²) in [5, 5.41) is 4.07. The highest BCUT2D eigenvalue weighted by Gasteiger charge is 2.15. The summed E-state index contributed by atoms with van der Waals surface area (Å²) < 4.78 is 11.0. The summed E-state index contributed by atoms with van der Waals surface area (Å²) >= 11 is 0. The van der Waals surface area contributed by atoms with Crippen molar-refractivity contribution in [3.05, 3.63) is 0 Å². The molecule has 0 saturated carbocycles. The number of hydrogen-bond acceptors (Lipinski definition) is 3. The van der Waals surface area contributed by atoms with Crippen molar-refractivity contribution in [1.29, 1.82) is 0 Å². The Labute approximate surface area is 82.0 Å².